The zero-order chi connectivity index (χ0) is 14.9. The lowest BCUT2D eigenvalue weighted by Gasteiger charge is -2.23. The third-order valence-corrected chi connectivity index (χ3v) is 3.44. The fraction of sp³-hybridized carbons (Fsp3) is 0.333. The van der Waals surface area contributed by atoms with Crippen LogP contribution in [0.15, 0.2) is 54.6 Å². The number of anilines is 2. The molecule has 0 amide bonds. The van der Waals surface area contributed by atoms with Crippen molar-refractivity contribution in [1.82, 2.24) is 5.32 Å². The van der Waals surface area contributed by atoms with Crippen LogP contribution in [-0.4, -0.2) is 26.8 Å². The van der Waals surface area contributed by atoms with Crippen molar-refractivity contribution in [1.29, 1.82) is 0 Å². The largest absolute Gasteiger partial charge is 0.383 e. The molecule has 0 saturated heterocycles. The number of benzene rings is 2. The van der Waals surface area contributed by atoms with Gasteiger partial charge in [-0.2, -0.15) is 0 Å². The molecule has 2 aromatic carbocycles. The number of hydrogen-bond donors (Lipinski definition) is 1. The zero-order valence-corrected chi connectivity index (χ0v) is 12.9. The van der Waals surface area contributed by atoms with E-state index in [0.717, 1.165) is 26.2 Å². The molecule has 0 aromatic heterocycles. The zero-order valence-electron chi connectivity index (χ0n) is 12.9. The van der Waals surface area contributed by atoms with E-state index in [0.29, 0.717) is 0 Å². The van der Waals surface area contributed by atoms with Crippen LogP contribution >= 0.6 is 0 Å². The molecule has 112 valence electrons. The minimum atomic E-state index is 0.746. The van der Waals surface area contributed by atoms with E-state index in [1.165, 1.54) is 16.9 Å². The van der Waals surface area contributed by atoms with Crippen LogP contribution in [0.25, 0.3) is 0 Å². The quantitative estimate of drug-likeness (QED) is 0.750. The lowest BCUT2D eigenvalue weighted by Crippen LogP contribution is -2.19. The molecule has 0 bridgehead atoms. The summed E-state index contributed by atoms with van der Waals surface area (Å²) < 4.78 is 5.02. The van der Waals surface area contributed by atoms with Crippen LogP contribution in [0.5, 0.6) is 0 Å². The molecule has 2 rings (SSSR count). The van der Waals surface area contributed by atoms with Crippen molar-refractivity contribution in [3.05, 3.63) is 60.2 Å². The van der Waals surface area contributed by atoms with Gasteiger partial charge in [0, 0.05) is 38.1 Å². The van der Waals surface area contributed by atoms with Gasteiger partial charge >= 0.3 is 0 Å². The van der Waals surface area contributed by atoms with Gasteiger partial charge in [0.05, 0.1) is 6.61 Å². The Kier molecular flexibility index (Phi) is 6.25. The number of rotatable bonds is 8. The molecule has 0 aliphatic rings. The van der Waals surface area contributed by atoms with Crippen molar-refractivity contribution >= 4 is 11.4 Å². The second kappa shape index (κ2) is 8.45. The van der Waals surface area contributed by atoms with Crippen LogP contribution in [0.1, 0.15) is 12.5 Å². The van der Waals surface area contributed by atoms with E-state index in [9.17, 15) is 0 Å². The number of hydrogen-bond acceptors (Lipinski definition) is 3. The molecular weight excluding hydrogens is 260 g/mol. The first-order valence-corrected chi connectivity index (χ1v) is 7.46. The normalized spacial score (nSPS) is 10.6. The van der Waals surface area contributed by atoms with Gasteiger partial charge in [0.15, 0.2) is 0 Å². The summed E-state index contributed by atoms with van der Waals surface area (Å²) in [5.41, 5.74) is 3.74. The molecule has 0 aliphatic carbocycles. The molecule has 0 fully saturated rings. The van der Waals surface area contributed by atoms with Gasteiger partial charge in [-0.1, -0.05) is 30.3 Å². The Bertz CT molecular complexity index is 511. The van der Waals surface area contributed by atoms with Crippen molar-refractivity contribution in [2.75, 3.05) is 31.7 Å². The SMILES string of the molecule is CCN(c1ccccc1)c1ccc(CNCCOC)cc1. The summed E-state index contributed by atoms with van der Waals surface area (Å²) >= 11 is 0. The number of nitrogens with zero attached hydrogens (tertiary/aromatic N) is 1. The van der Waals surface area contributed by atoms with Crippen molar-refractivity contribution in [3.8, 4) is 0 Å². The maximum Gasteiger partial charge on any atom is 0.0587 e. The first-order valence-electron chi connectivity index (χ1n) is 7.46. The van der Waals surface area contributed by atoms with Crippen LogP contribution in [0.3, 0.4) is 0 Å². The standard InChI is InChI=1S/C18H24N2O/c1-3-20(17-7-5-4-6-8-17)18-11-9-16(10-12-18)15-19-13-14-21-2/h4-12,19H,3,13-15H2,1-2H3. The summed E-state index contributed by atoms with van der Waals surface area (Å²) in [7, 11) is 1.72. The molecule has 1 N–H and O–H groups in total. The number of ether oxygens (including phenoxy) is 1. The molecule has 0 heterocycles. The Labute approximate surface area is 127 Å². The van der Waals surface area contributed by atoms with E-state index in [4.69, 9.17) is 4.74 Å². The van der Waals surface area contributed by atoms with E-state index >= 15 is 0 Å². The van der Waals surface area contributed by atoms with E-state index in [2.05, 4.69) is 65.7 Å². The second-order valence-corrected chi connectivity index (χ2v) is 4.92. The molecule has 0 atom stereocenters. The highest BCUT2D eigenvalue weighted by molar-refractivity contribution is 5.63. The van der Waals surface area contributed by atoms with Gasteiger partial charge in [-0.05, 0) is 36.8 Å². The number of methoxy groups -OCH3 is 1. The van der Waals surface area contributed by atoms with Gasteiger partial charge in [-0.25, -0.2) is 0 Å². The number of nitrogens with one attached hydrogen (secondary N) is 1. The lowest BCUT2D eigenvalue weighted by molar-refractivity contribution is 0.199. The summed E-state index contributed by atoms with van der Waals surface area (Å²) in [6, 6.07) is 19.2. The van der Waals surface area contributed by atoms with Crippen LogP contribution in [0.2, 0.25) is 0 Å². The van der Waals surface area contributed by atoms with Gasteiger partial charge < -0.3 is 15.0 Å². The van der Waals surface area contributed by atoms with Crippen molar-refractivity contribution in [2.24, 2.45) is 0 Å². The van der Waals surface area contributed by atoms with Crippen LogP contribution in [-0.2, 0) is 11.3 Å². The van der Waals surface area contributed by atoms with E-state index in [1.54, 1.807) is 7.11 Å². The molecule has 0 unspecified atom stereocenters. The summed E-state index contributed by atoms with van der Waals surface area (Å²) in [6.45, 7) is 5.63. The summed E-state index contributed by atoms with van der Waals surface area (Å²) in [5.74, 6) is 0. The van der Waals surface area contributed by atoms with Gasteiger partial charge in [0.1, 0.15) is 0 Å². The molecular formula is C18H24N2O. The Balaban J connectivity index is 2.00. The van der Waals surface area contributed by atoms with E-state index < -0.39 is 0 Å². The summed E-state index contributed by atoms with van der Waals surface area (Å²) in [5, 5.41) is 3.36. The summed E-state index contributed by atoms with van der Waals surface area (Å²) in [4.78, 5) is 2.31. The highest BCUT2D eigenvalue weighted by Gasteiger charge is 2.06. The maximum atomic E-state index is 5.02. The van der Waals surface area contributed by atoms with Gasteiger partial charge in [0.2, 0.25) is 0 Å². The smallest absolute Gasteiger partial charge is 0.0587 e. The first kappa shape index (κ1) is 15.5. The predicted octanol–water partition coefficient (Wildman–Crippen LogP) is 3.58. The predicted molar refractivity (Wildman–Crippen MR) is 89.1 cm³/mol. The molecule has 3 nitrogen and oxygen atoms in total. The highest BCUT2D eigenvalue weighted by atomic mass is 16.5. The molecule has 21 heavy (non-hydrogen) atoms. The van der Waals surface area contributed by atoms with Gasteiger partial charge in [0.25, 0.3) is 0 Å². The van der Waals surface area contributed by atoms with Gasteiger partial charge in [-0.15, -0.1) is 0 Å². The second-order valence-electron chi connectivity index (χ2n) is 4.92. The van der Waals surface area contributed by atoms with Crippen LogP contribution < -0.4 is 10.2 Å². The average molecular weight is 284 g/mol. The third-order valence-electron chi connectivity index (χ3n) is 3.44. The van der Waals surface area contributed by atoms with Crippen molar-refractivity contribution in [3.63, 3.8) is 0 Å². The van der Waals surface area contributed by atoms with Crippen LogP contribution in [0, 0.1) is 0 Å². The Morgan fingerprint density at radius 2 is 1.62 bits per heavy atom. The average Bonchev–Trinajstić information content (AvgIpc) is 2.55. The van der Waals surface area contributed by atoms with Crippen molar-refractivity contribution in [2.45, 2.75) is 13.5 Å². The molecule has 3 heteroatoms. The summed E-state index contributed by atoms with van der Waals surface area (Å²) in [6.07, 6.45) is 0. The third kappa shape index (κ3) is 4.59. The molecule has 0 spiro atoms. The van der Waals surface area contributed by atoms with E-state index in [1.807, 2.05) is 6.07 Å². The molecule has 0 aliphatic heterocycles. The fourth-order valence-corrected chi connectivity index (χ4v) is 2.32. The molecule has 2 aromatic rings. The minimum absolute atomic E-state index is 0.746. The first-order chi connectivity index (χ1) is 10.3. The molecule has 0 radical (unpaired) electrons. The van der Waals surface area contributed by atoms with Crippen molar-refractivity contribution < 1.29 is 4.74 Å². The monoisotopic (exact) mass is 284 g/mol. The fourth-order valence-electron chi connectivity index (χ4n) is 2.32. The van der Waals surface area contributed by atoms with E-state index in [-0.39, 0.29) is 0 Å². The van der Waals surface area contributed by atoms with Crippen LogP contribution in [0.4, 0.5) is 11.4 Å². The lowest BCUT2D eigenvalue weighted by atomic mass is 10.1. The van der Waals surface area contributed by atoms with Gasteiger partial charge in [-0.3, -0.25) is 0 Å². The Morgan fingerprint density at radius 1 is 0.952 bits per heavy atom. The maximum absolute atomic E-state index is 5.02. The highest BCUT2D eigenvalue weighted by Crippen LogP contribution is 2.24. The number of para-hydroxylation sites is 1. The Morgan fingerprint density at radius 3 is 2.24 bits per heavy atom. The minimum Gasteiger partial charge on any atom is -0.383 e. The topological polar surface area (TPSA) is 24.5 Å². The molecule has 0 saturated carbocycles. The Hall–Kier alpha value is -1.84.